The zero-order chi connectivity index (χ0) is 16.2. The Morgan fingerprint density at radius 1 is 0.619 bits per heavy atom. The molecule has 0 heterocycles. The maximum absolute atomic E-state index is 6.58. The van der Waals surface area contributed by atoms with Crippen molar-refractivity contribution in [1.82, 2.24) is 0 Å². The normalized spacial score (nSPS) is 12.9. The molecule has 0 fully saturated rings. The number of hydrogen-bond acceptors (Lipinski definition) is 3. The van der Waals surface area contributed by atoms with Gasteiger partial charge < -0.3 is 13.6 Å². The molecule has 0 aliphatic rings. The van der Waals surface area contributed by atoms with Crippen molar-refractivity contribution >= 4 is 16.6 Å². The Hall–Kier alpha value is 0.314. The molecule has 21 heavy (non-hydrogen) atoms. The molecular weight excluding hydrogens is 296 g/mol. The summed E-state index contributed by atoms with van der Waals surface area (Å²) in [4.78, 5) is 0. The number of ether oxygens (including phenoxy) is 2. The van der Waals surface area contributed by atoms with Gasteiger partial charge in [0.05, 0.1) is 13.2 Å². The van der Waals surface area contributed by atoms with Crippen molar-refractivity contribution in [3.63, 3.8) is 0 Å². The molecule has 0 saturated heterocycles. The molecule has 0 atom stereocenters. The maximum atomic E-state index is 6.58. The lowest BCUT2D eigenvalue weighted by Gasteiger charge is -2.34. The van der Waals surface area contributed by atoms with Gasteiger partial charge in [-0.25, -0.2) is 0 Å². The van der Waals surface area contributed by atoms with E-state index in [1.54, 1.807) is 0 Å². The van der Waals surface area contributed by atoms with Crippen molar-refractivity contribution in [3.05, 3.63) is 0 Å². The van der Waals surface area contributed by atoms with Gasteiger partial charge in [-0.05, 0) is 51.1 Å². The van der Waals surface area contributed by atoms with Gasteiger partial charge >= 0.3 is 0 Å². The van der Waals surface area contributed by atoms with Gasteiger partial charge in [-0.15, -0.1) is 0 Å². The zero-order valence-electron chi connectivity index (χ0n) is 15.3. The van der Waals surface area contributed by atoms with Gasteiger partial charge in [-0.2, -0.15) is 0 Å². The summed E-state index contributed by atoms with van der Waals surface area (Å²) in [5.74, 6) is 0. The van der Waals surface area contributed by atoms with E-state index in [1.807, 2.05) is 0 Å². The minimum absolute atomic E-state index is 0.722. The summed E-state index contributed by atoms with van der Waals surface area (Å²) in [5, 5.41) is 0. The SMILES string of the molecule is CCCC[Si](C)(C)O[Si](C)(C)CCCOCCOCCC. The molecule has 0 bridgehead atoms. The van der Waals surface area contributed by atoms with Gasteiger partial charge in [0.15, 0.2) is 16.6 Å². The summed E-state index contributed by atoms with van der Waals surface area (Å²) < 4.78 is 17.6. The Labute approximate surface area is 135 Å². The molecule has 0 N–H and O–H groups in total. The van der Waals surface area contributed by atoms with Crippen LogP contribution < -0.4 is 0 Å². The molecule has 0 saturated carbocycles. The summed E-state index contributed by atoms with van der Waals surface area (Å²) in [7, 11) is -2.97. The van der Waals surface area contributed by atoms with Crippen molar-refractivity contribution < 1.29 is 13.6 Å². The lowest BCUT2D eigenvalue weighted by molar-refractivity contribution is 0.0481. The van der Waals surface area contributed by atoms with Crippen molar-refractivity contribution in [2.45, 2.75) is 77.8 Å². The van der Waals surface area contributed by atoms with E-state index in [-0.39, 0.29) is 0 Å². The summed E-state index contributed by atoms with van der Waals surface area (Å²) >= 11 is 0. The van der Waals surface area contributed by atoms with E-state index in [9.17, 15) is 0 Å². The van der Waals surface area contributed by atoms with E-state index in [1.165, 1.54) is 24.9 Å². The Kier molecular flexibility index (Phi) is 12.0. The minimum Gasteiger partial charge on any atom is -0.455 e. The standard InChI is InChI=1S/C16H38O3Si2/c1-7-9-15-20(3,4)19-21(5,6)16-10-12-18-14-13-17-11-8-2/h7-16H2,1-6H3. The molecule has 0 aromatic rings. The topological polar surface area (TPSA) is 27.7 Å². The second kappa shape index (κ2) is 11.8. The third kappa shape index (κ3) is 13.7. The predicted molar refractivity (Wildman–Crippen MR) is 97.1 cm³/mol. The first-order chi connectivity index (χ1) is 9.83. The highest BCUT2D eigenvalue weighted by Gasteiger charge is 2.31. The molecule has 5 heteroatoms. The Balaban J connectivity index is 3.72. The van der Waals surface area contributed by atoms with Crippen LogP contribution in [0.2, 0.25) is 38.3 Å². The van der Waals surface area contributed by atoms with Crippen LogP contribution in [0.4, 0.5) is 0 Å². The van der Waals surface area contributed by atoms with E-state index >= 15 is 0 Å². The first-order valence-corrected chi connectivity index (χ1v) is 14.9. The lowest BCUT2D eigenvalue weighted by atomic mass is 10.4. The molecule has 0 spiro atoms. The van der Waals surface area contributed by atoms with Gasteiger partial charge in [-0.1, -0.05) is 26.7 Å². The van der Waals surface area contributed by atoms with Crippen molar-refractivity contribution in [1.29, 1.82) is 0 Å². The second-order valence-corrected chi connectivity index (χ2v) is 15.9. The van der Waals surface area contributed by atoms with Crippen molar-refractivity contribution in [2.75, 3.05) is 26.4 Å². The fraction of sp³-hybridized carbons (Fsp3) is 1.00. The van der Waals surface area contributed by atoms with Crippen LogP contribution in [0, 0.1) is 0 Å². The first-order valence-electron chi connectivity index (χ1n) is 8.68. The molecule has 0 amide bonds. The fourth-order valence-electron chi connectivity index (χ4n) is 2.52. The molecule has 0 rings (SSSR count). The summed E-state index contributed by atoms with van der Waals surface area (Å²) in [5.41, 5.74) is 0. The average Bonchev–Trinajstić information content (AvgIpc) is 2.38. The molecule has 0 aliphatic carbocycles. The Morgan fingerprint density at radius 2 is 1.14 bits per heavy atom. The van der Waals surface area contributed by atoms with Gasteiger partial charge in [0, 0.05) is 13.2 Å². The van der Waals surface area contributed by atoms with E-state index in [0.29, 0.717) is 0 Å². The van der Waals surface area contributed by atoms with E-state index in [0.717, 1.165) is 39.3 Å². The van der Waals surface area contributed by atoms with Gasteiger partial charge in [-0.3, -0.25) is 0 Å². The summed E-state index contributed by atoms with van der Waals surface area (Å²) in [6.45, 7) is 17.0. The third-order valence-electron chi connectivity index (χ3n) is 3.47. The summed E-state index contributed by atoms with van der Waals surface area (Å²) in [6.07, 6.45) is 4.78. The highest BCUT2D eigenvalue weighted by atomic mass is 28.4. The van der Waals surface area contributed by atoms with Crippen LogP contribution in [0.5, 0.6) is 0 Å². The predicted octanol–water partition coefficient (Wildman–Crippen LogP) is 5.05. The summed E-state index contributed by atoms with van der Waals surface area (Å²) in [6, 6.07) is 2.50. The smallest absolute Gasteiger partial charge is 0.173 e. The van der Waals surface area contributed by atoms with Gasteiger partial charge in [0.2, 0.25) is 0 Å². The van der Waals surface area contributed by atoms with E-state index in [4.69, 9.17) is 13.6 Å². The monoisotopic (exact) mass is 334 g/mol. The Morgan fingerprint density at radius 3 is 1.67 bits per heavy atom. The van der Waals surface area contributed by atoms with Gasteiger partial charge in [0.1, 0.15) is 0 Å². The molecule has 128 valence electrons. The molecule has 0 aromatic carbocycles. The molecule has 3 nitrogen and oxygen atoms in total. The van der Waals surface area contributed by atoms with E-state index in [2.05, 4.69) is 40.0 Å². The first kappa shape index (κ1) is 21.3. The van der Waals surface area contributed by atoms with Crippen LogP contribution in [0.1, 0.15) is 39.5 Å². The molecule has 0 aromatic heterocycles. The molecular formula is C16H38O3Si2. The number of hydrogen-bond donors (Lipinski definition) is 0. The van der Waals surface area contributed by atoms with Crippen LogP contribution >= 0.6 is 0 Å². The fourth-order valence-corrected chi connectivity index (χ4v) is 11.5. The maximum Gasteiger partial charge on any atom is 0.173 e. The molecule has 0 unspecified atom stereocenters. The minimum atomic E-state index is -1.52. The average molecular weight is 335 g/mol. The van der Waals surface area contributed by atoms with Crippen molar-refractivity contribution in [3.8, 4) is 0 Å². The third-order valence-corrected chi connectivity index (χ3v) is 11.0. The number of unbranched alkanes of at least 4 members (excludes halogenated alkanes) is 1. The molecule has 0 radical (unpaired) electrons. The number of rotatable bonds is 14. The van der Waals surface area contributed by atoms with Crippen LogP contribution in [-0.2, 0) is 13.6 Å². The van der Waals surface area contributed by atoms with Crippen LogP contribution in [-0.4, -0.2) is 43.1 Å². The highest BCUT2D eigenvalue weighted by Crippen LogP contribution is 2.24. The van der Waals surface area contributed by atoms with Crippen LogP contribution in [0.15, 0.2) is 0 Å². The molecule has 0 aliphatic heterocycles. The van der Waals surface area contributed by atoms with Crippen LogP contribution in [0.3, 0.4) is 0 Å². The Bertz CT molecular complexity index is 246. The highest BCUT2D eigenvalue weighted by molar-refractivity contribution is 6.84. The quantitative estimate of drug-likeness (QED) is 0.329. The van der Waals surface area contributed by atoms with Crippen LogP contribution in [0.25, 0.3) is 0 Å². The lowest BCUT2D eigenvalue weighted by Crippen LogP contribution is -2.44. The van der Waals surface area contributed by atoms with Crippen molar-refractivity contribution in [2.24, 2.45) is 0 Å². The zero-order valence-corrected chi connectivity index (χ0v) is 17.3. The largest absolute Gasteiger partial charge is 0.455 e. The van der Waals surface area contributed by atoms with Gasteiger partial charge in [0.25, 0.3) is 0 Å². The van der Waals surface area contributed by atoms with E-state index < -0.39 is 16.6 Å². The second-order valence-electron chi connectivity index (χ2n) is 7.05.